The summed E-state index contributed by atoms with van der Waals surface area (Å²) in [6.07, 6.45) is 1.02. The van der Waals surface area contributed by atoms with Crippen molar-refractivity contribution in [2.24, 2.45) is 0 Å². The SMILES string of the molecule is CCOC(=O)C(C)NC(C)CCN(C)C. The van der Waals surface area contributed by atoms with E-state index in [0.29, 0.717) is 12.6 Å². The Morgan fingerprint density at radius 1 is 1.40 bits per heavy atom. The monoisotopic (exact) mass is 216 g/mol. The van der Waals surface area contributed by atoms with E-state index >= 15 is 0 Å². The average molecular weight is 216 g/mol. The summed E-state index contributed by atoms with van der Waals surface area (Å²) in [5.41, 5.74) is 0. The Labute approximate surface area is 93.0 Å². The molecule has 0 aliphatic carbocycles. The molecule has 0 heterocycles. The first-order chi connectivity index (χ1) is 6.97. The van der Waals surface area contributed by atoms with E-state index in [2.05, 4.69) is 17.1 Å². The van der Waals surface area contributed by atoms with Crippen LogP contribution < -0.4 is 5.32 Å². The molecule has 4 heteroatoms. The summed E-state index contributed by atoms with van der Waals surface area (Å²) in [6, 6.07) is 0.105. The van der Waals surface area contributed by atoms with Gasteiger partial charge in [-0.25, -0.2) is 0 Å². The molecule has 90 valence electrons. The molecule has 0 aliphatic heterocycles. The van der Waals surface area contributed by atoms with E-state index in [1.165, 1.54) is 0 Å². The summed E-state index contributed by atoms with van der Waals surface area (Å²) in [5, 5.41) is 3.22. The number of carbonyl (C=O) groups is 1. The molecular formula is C11H24N2O2. The van der Waals surface area contributed by atoms with Crippen molar-refractivity contribution in [3.63, 3.8) is 0 Å². The standard InChI is InChI=1S/C11H24N2O2/c1-6-15-11(14)10(3)12-9(2)7-8-13(4)5/h9-10,12H,6-8H2,1-5H3. The number of carbonyl (C=O) groups excluding carboxylic acids is 1. The van der Waals surface area contributed by atoms with Crippen molar-refractivity contribution in [3.8, 4) is 0 Å². The number of esters is 1. The molecule has 0 saturated carbocycles. The van der Waals surface area contributed by atoms with Crippen molar-refractivity contribution in [3.05, 3.63) is 0 Å². The molecule has 0 saturated heterocycles. The molecule has 2 atom stereocenters. The van der Waals surface area contributed by atoms with E-state index in [1.807, 2.05) is 27.9 Å². The number of ether oxygens (including phenoxy) is 1. The zero-order valence-corrected chi connectivity index (χ0v) is 10.5. The molecule has 0 rings (SSSR count). The van der Waals surface area contributed by atoms with Gasteiger partial charge in [0.25, 0.3) is 0 Å². The molecule has 0 radical (unpaired) electrons. The van der Waals surface area contributed by atoms with Crippen LogP contribution in [0, 0.1) is 0 Å². The third kappa shape index (κ3) is 7.33. The summed E-state index contributed by atoms with van der Waals surface area (Å²) in [5.74, 6) is -0.172. The lowest BCUT2D eigenvalue weighted by atomic mass is 10.2. The van der Waals surface area contributed by atoms with Gasteiger partial charge in [0.1, 0.15) is 6.04 Å². The topological polar surface area (TPSA) is 41.6 Å². The highest BCUT2D eigenvalue weighted by molar-refractivity contribution is 5.75. The van der Waals surface area contributed by atoms with Crippen LogP contribution >= 0.6 is 0 Å². The predicted octanol–water partition coefficient (Wildman–Crippen LogP) is 0.868. The van der Waals surface area contributed by atoms with Gasteiger partial charge >= 0.3 is 5.97 Å². The maximum atomic E-state index is 11.3. The van der Waals surface area contributed by atoms with Crippen LogP contribution in [-0.2, 0) is 9.53 Å². The van der Waals surface area contributed by atoms with Gasteiger partial charge in [0, 0.05) is 6.04 Å². The fourth-order valence-electron chi connectivity index (χ4n) is 1.30. The summed E-state index contributed by atoms with van der Waals surface area (Å²) in [6.45, 7) is 7.20. The van der Waals surface area contributed by atoms with Crippen molar-refractivity contribution in [1.82, 2.24) is 10.2 Å². The fourth-order valence-corrected chi connectivity index (χ4v) is 1.30. The van der Waals surface area contributed by atoms with Gasteiger partial charge in [-0.3, -0.25) is 4.79 Å². The summed E-state index contributed by atoms with van der Waals surface area (Å²) in [7, 11) is 4.09. The Hall–Kier alpha value is -0.610. The second-order valence-electron chi connectivity index (χ2n) is 4.13. The van der Waals surface area contributed by atoms with Crippen molar-refractivity contribution in [1.29, 1.82) is 0 Å². The van der Waals surface area contributed by atoms with Gasteiger partial charge in [0.2, 0.25) is 0 Å². The lowest BCUT2D eigenvalue weighted by molar-refractivity contribution is -0.145. The summed E-state index contributed by atoms with van der Waals surface area (Å²) >= 11 is 0. The average Bonchev–Trinajstić information content (AvgIpc) is 2.15. The Bertz CT molecular complexity index is 183. The van der Waals surface area contributed by atoms with Gasteiger partial charge in [0.15, 0.2) is 0 Å². The predicted molar refractivity (Wildman–Crippen MR) is 61.9 cm³/mol. The normalized spacial score (nSPS) is 15.1. The van der Waals surface area contributed by atoms with E-state index in [-0.39, 0.29) is 12.0 Å². The fraction of sp³-hybridized carbons (Fsp3) is 0.909. The second kappa shape index (κ2) is 7.65. The molecule has 2 unspecified atom stereocenters. The molecule has 1 N–H and O–H groups in total. The van der Waals surface area contributed by atoms with Gasteiger partial charge in [-0.05, 0) is 47.8 Å². The third-order valence-electron chi connectivity index (χ3n) is 2.18. The summed E-state index contributed by atoms with van der Waals surface area (Å²) in [4.78, 5) is 13.5. The highest BCUT2D eigenvalue weighted by Crippen LogP contribution is 1.96. The van der Waals surface area contributed by atoms with Crippen molar-refractivity contribution >= 4 is 5.97 Å². The zero-order valence-electron chi connectivity index (χ0n) is 10.5. The first kappa shape index (κ1) is 14.4. The molecule has 15 heavy (non-hydrogen) atoms. The second-order valence-corrected chi connectivity index (χ2v) is 4.13. The quantitative estimate of drug-likeness (QED) is 0.641. The Balaban J connectivity index is 3.74. The van der Waals surface area contributed by atoms with E-state index in [9.17, 15) is 4.79 Å². The van der Waals surface area contributed by atoms with Gasteiger partial charge in [0.05, 0.1) is 6.61 Å². The van der Waals surface area contributed by atoms with Crippen LogP contribution in [0.2, 0.25) is 0 Å². The minimum atomic E-state index is -0.220. The summed E-state index contributed by atoms with van der Waals surface area (Å²) < 4.78 is 4.92. The first-order valence-corrected chi connectivity index (χ1v) is 5.54. The molecule has 0 amide bonds. The van der Waals surface area contributed by atoms with Crippen LogP contribution in [0.5, 0.6) is 0 Å². The van der Waals surface area contributed by atoms with Crippen LogP contribution in [0.3, 0.4) is 0 Å². The Kier molecular flexibility index (Phi) is 7.34. The van der Waals surface area contributed by atoms with Gasteiger partial charge in [-0.1, -0.05) is 0 Å². The Morgan fingerprint density at radius 2 is 2.00 bits per heavy atom. The van der Waals surface area contributed by atoms with Crippen LogP contribution in [-0.4, -0.2) is 50.2 Å². The molecule has 0 aromatic carbocycles. The minimum absolute atomic E-state index is 0.172. The van der Waals surface area contributed by atoms with Crippen molar-refractivity contribution in [2.45, 2.75) is 39.3 Å². The highest BCUT2D eigenvalue weighted by atomic mass is 16.5. The third-order valence-corrected chi connectivity index (χ3v) is 2.18. The number of hydrogen-bond donors (Lipinski definition) is 1. The van der Waals surface area contributed by atoms with E-state index in [1.54, 1.807) is 0 Å². The molecular weight excluding hydrogens is 192 g/mol. The lowest BCUT2D eigenvalue weighted by Gasteiger charge is -2.20. The van der Waals surface area contributed by atoms with E-state index in [0.717, 1.165) is 13.0 Å². The van der Waals surface area contributed by atoms with Crippen LogP contribution in [0.1, 0.15) is 27.2 Å². The molecule has 0 fully saturated rings. The molecule has 0 aliphatic rings. The molecule has 0 aromatic rings. The van der Waals surface area contributed by atoms with Gasteiger partial charge < -0.3 is 15.0 Å². The minimum Gasteiger partial charge on any atom is -0.465 e. The van der Waals surface area contributed by atoms with Crippen molar-refractivity contribution < 1.29 is 9.53 Å². The number of nitrogens with one attached hydrogen (secondary N) is 1. The number of nitrogens with zero attached hydrogens (tertiary/aromatic N) is 1. The molecule has 4 nitrogen and oxygen atoms in total. The van der Waals surface area contributed by atoms with E-state index in [4.69, 9.17) is 4.74 Å². The largest absolute Gasteiger partial charge is 0.465 e. The zero-order chi connectivity index (χ0) is 11.8. The van der Waals surface area contributed by atoms with Gasteiger partial charge in [-0.2, -0.15) is 0 Å². The molecule has 0 bridgehead atoms. The molecule has 0 aromatic heterocycles. The maximum absolute atomic E-state index is 11.3. The highest BCUT2D eigenvalue weighted by Gasteiger charge is 2.15. The Morgan fingerprint density at radius 3 is 2.47 bits per heavy atom. The van der Waals surface area contributed by atoms with Crippen LogP contribution in [0.25, 0.3) is 0 Å². The molecule has 0 spiro atoms. The maximum Gasteiger partial charge on any atom is 0.322 e. The smallest absolute Gasteiger partial charge is 0.322 e. The lowest BCUT2D eigenvalue weighted by Crippen LogP contribution is -2.41. The van der Waals surface area contributed by atoms with Crippen LogP contribution in [0.15, 0.2) is 0 Å². The van der Waals surface area contributed by atoms with Gasteiger partial charge in [-0.15, -0.1) is 0 Å². The first-order valence-electron chi connectivity index (χ1n) is 5.54. The van der Waals surface area contributed by atoms with E-state index < -0.39 is 0 Å². The van der Waals surface area contributed by atoms with Crippen LogP contribution in [0.4, 0.5) is 0 Å². The van der Waals surface area contributed by atoms with Crippen molar-refractivity contribution in [2.75, 3.05) is 27.2 Å². The number of rotatable bonds is 7. The number of hydrogen-bond acceptors (Lipinski definition) is 4.